The molecule has 5 heteroatoms. The van der Waals surface area contributed by atoms with Gasteiger partial charge in [-0.05, 0) is 0 Å². The molecule has 0 bridgehead atoms. The van der Waals surface area contributed by atoms with E-state index in [-0.39, 0.29) is 40.1 Å². The van der Waals surface area contributed by atoms with Crippen LogP contribution in [0.3, 0.4) is 0 Å². The van der Waals surface area contributed by atoms with Crippen molar-refractivity contribution in [2.75, 3.05) is 0 Å². The quantitative estimate of drug-likeness (QED) is 0.451. The molecule has 39 valence electrons. The van der Waals surface area contributed by atoms with Crippen LogP contribution in [0.4, 0.5) is 4.79 Å². The number of rotatable bonds is 0. The van der Waals surface area contributed by atoms with E-state index < -0.39 is 6.16 Å². The average molecular weight is 152 g/mol. The van der Waals surface area contributed by atoms with E-state index in [1.54, 1.807) is 0 Å². The van der Waals surface area contributed by atoms with Gasteiger partial charge in [-0.2, -0.15) is 0 Å². The van der Waals surface area contributed by atoms with E-state index in [0.29, 0.717) is 0 Å². The fraction of sp³-hybridized carbons (Fsp3) is 0. The fourth-order valence-corrected chi connectivity index (χ4v) is 0. The molecule has 0 fully saturated rings. The fourth-order valence-electron chi connectivity index (χ4n) is 0. The van der Waals surface area contributed by atoms with Gasteiger partial charge in [0.15, 0.2) is 0 Å². The molecule has 6 heavy (non-hydrogen) atoms. The van der Waals surface area contributed by atoms with Gasteiger partial charge in [-0.1, -0.05) is 0 Å². The zero-order valence-electron chi connectivity index (χ0n) is 2.10. The smallest absolute Gasteiger partial charge is 0.450 e. The molecule has 0 heterocycles. The molecule has 0 amide bonds. The molecule has 0 saturated heterocycles. The summed E-state index contributed by atoms with van der Waals surface area (Å²) in [4.78, 5) is 8.56. The largest absolute Gasteiger partial charge is 0.503 e. The van der Waals surface area contributed by atoms with E-state index in [0.717, 1.165) is 0 Å². The Morgan fingerprint density at radius 2 is 1.33 bits per heavy atom. The summed E-state index contributed by atoms with van der Waals surface area (Å²) < 4.78 is 0. The first-order valence-electron chi connectivity index (χ1n) is 0.651. The maximum absolute atomic E-state index is 8.56. The molecule has 0 spiro atoms. The molecule has 2 N–H and O–H groups in total. The molecule has 0 saturated carbocycles. The third kappa shape index (κ3) is 187. The monoisotopic (exact) mass is 151 g/mol. The molecule has 1 radical (unpaired) electrons. The minimum atomic E-state index is -1.83. The van der Waals surface area contributed by atoms with E-state index >= 15 is 0 Å². The number of hydrogen-bond donors (Lipinski definition) is 2. The molecule has 0 aromatic carbocycles. The molecule has 3 nitrogen and oxygen atoms in total. The third-order valence-corrected chi connectivity index (χ3v) is 0. The second-order valence-corrected chi connectivity index (χ2v) is 0.283. The van der Waals surface area contributed by atoms with Gasteiger partial charge in [0.1, 0.15) is 0 Å². The molecule has 0 aliphatic rings. The van der Waals surface area contributed by atoms with Crippen LogP contribution in [0, 0.1) is 0 Å². The standard InChI is InChI=1S/CH2O3.Cu.Mg.2H/c2-1(3)4;;;;/h(H2,2,3,4);;;;. The van der Waals surface area contributed by atoms with Gasteiger partial charge in [-0.25, -0.2) is 4.79 Å². The molecule has 0 rings (SSSR count). The predicted molar refractivity (Wildman–Crippen MR) is 19.2 cm³/mol. The number of hydrogen-bond acceptors (Lipinski definition) is 1. The van der Waals surface area contributed by atoms with Crippen molar-refractivity contribution in [1.29, 1.82) is 0 Å². The minimum Gasteiger partial charge on any atom is -0.450 e. The zero-order chi connectivity index (χ0) is 3.58. The summed E-state index contributed by atoms with van der Waals surface area (Å²) >= 11 is 0. The van der Waals surface area contributed by atoms with Gasteiger partial charge in [0, 0.05) is 17.1 Å². The summed E-state index contributed by atoms with van der Waals surface area (Å²) in [5.74, 6) is 0. The van der Waals surface area contributed by atoms with Gasteiger partial charge >= 0.3 is 29.2 Å². The summed E-state index contributed by atoms with van der Waals surface area (Å²) in [5, 5.41) is 13.9. The van der Waals surface area contributed by atoms with Crippen molar-refractivity contribution in [2.45, 2.75) is 0 Å². The van der Waals surface area contributed by atoms with Crippen LogP contribution in [0.5, 0.6) is 0 Å². The van der Waals surface area contributed by atoms with Gasteiger partial charge in [0.25, 0.3) is 0 Å². The summed E-state index contributed by atoms with van der Waals surface area (Å²) in [5.41, 5.74) is 0. The zero-order valence-corrected chi connectivity index (χ0v) is 3.05. The Morgan fingerprint density at radius 3 is 1.33 bits per heavy atom. The van der Waals surface area contributed by atoms with Crippen LogP contribution in [0.2, 0.25) is 0 Å². The molecule has 0 atom stereocenters. The molecule has 0 aliphatic heterocycles. The van der Waals surface area contributed by atoms with Gasteiger partial charge in [-0.3, -0.25) is 0 Å². The molecular weight excluding hydrogens is 148 g/mol. The van der Waals surface area contributed by atoms with E-state index in [1.807, 2.05) is 0 Å². The molecule has 0 aliphatic carbocycles. The van der Waals surface area contributed by atoms with Gasteiger partial charge in [0.2, 0.25) is 0 Å². The van der Waals surface area contributed by atoms with Crippen LogP contribution in [-0.2, 0) is 17.1 Å². The second-order valence-electron chi connectivity index (χ2n) is 0.283. The van der Waals surface area contributed by atoms with E-state index in [2.05, 4.69) is 0 Å². The summed E-state index contributed by atoms with van der Waals surface area (Å²) in [6.45, 7) is 0. The van der Waals surface area contributed by atoms with Crippen molar-refractivity contribution in [3.8, 4) is 0 Å². The summed E-state index contributed by atoms with van der Waals surface area (Å²) in [6, 6.07) is 0. The Labute approximate surface area is 61.4 Å². The van der Waals surface area contributed by atoms with Crippen molar-refractivity contribution in [1.82, 2.24) is 0 Å². The first-order chi connectivity index (χ1) is 1.73. The number of carboxylic acid groups (broad SMARTS) is 2. The SMILES string of the molecule is O=C(O)O.[Cu].[MgH2]. The normalized spacial score (nSPS) is 4.00. The maximum atomic E-state index is 8.56. The maximum Gasteiger partial charge on any atom is 0.503 e. The topological polar surface area (TPSA) is 57.5 Å². The summed E-state index contributed by atoms with van der Waals surface area (Å²) in [6.07, 6.45) is -1.83. The Kier molecular flexibility index (Phi) is 24.3. The predicted octanol–water partition coefficient (Wildman–Crippen LogP) is -0.696. The minimum absolute atomic E-state index is 0. The molecule has 0 unspecified atom stereocenters. The van der Waals surface area contributed by atoms with Crippen molar-refractivity contribution >= 4 is 29.2 Å². The third-order valence-electron chi connectivity index (χ3n) is 0. The number of carbonyl (C=O) groups is 1. The Bertz CT molecular complexity index is 33.8. The van der Waals surface area contributed by atoms with Crippen LogP contribution in [0.1, 0.15) is 0 Å². The van der Waals surface area contributed by atoms with Gasteiger partial charge < -0.3 is 10.2 Å². The van der Waals surface area contributed by atoms with E-state index in [9.17, 15) is 0 Å². The summed E-state index contributed by atoms with van der Waals surface area (Å²) in [7, 11) is 0. The van der Waals surface area contributed by atoms with Crippen LogP contribution < -0.4 is 0 Å². The second kappa shape index (κ2) is 9.12. The van der Waals surface area contributed by atoms with Gasteiger partial charge in [0.05, 0.1) is 0 Å². The van der Waals surface area contributed by atoms with Crippen molar-refractivity contribution in [3.05, 3.63) is 0 Å². The van der Waals surface area contributed by atoms with E-state index in [1.165, 1.54) is 0 Å². The van der Waals surface area contributed by atoms with Crippen LogP contribution in [0.15, 0.2) is 0 Å². The van der Waals surface area contributed by atoms with Crippen molar-refractivity contribution in [2.24, 2.45) is 0 Å². The van der Waals surface area contributed by atoms with Crippen LogP contribution >= 0.6 is 0 Å². The van der Waals surface area contributed by atoms with Crippen LogP contribution in [-0.4, -0.2) is 39.4 Å². The van der Waals surface area contributed by atoms with Gasteiger partial charge in [-0.15, -0.1) is 0 Å². The van der Waals surface area contributed by atoms with E-state index in [4.69, 9.17) is 15.0 Å². The first-order valence-corrected chi connectivity index (χ1v) is 0.651. The Morgan fingerprint density at radius 1 is 1.33 bits per heavy atom. The Hall–Kier alpha value is 0.556. The average Bonchev–Trinajstić information content (AvgIpc) is 0.811. The first kappa shape index (κ1) is 16.0. The molecular formula is CH4CuMgO3. The van der Waals surface area contributed by atoms with Crippen molar-refractivity contribution < 1.29 is 32.1 Å². The molecule has 0 aromatic rings. The molecule has 0 aromatic heterocycles. The van der Waals surface area contributed by atoms with Crippen molar-refractivity contribution in [3.63, 3.8) is 0 Å². The Balaban J connectivity index is -0.0000000450. The van der Waals surface area contributed by atoms with Crippen LogP contribution in [0.25, 0.3) is 0 Å².